The molecule has 3 aliphatic rings. The number of hydrogen-bond acceptors (Lipinski definition) is 2. The molecule has 3 heteroatoms. The van der Waals surface area contributed by atoms with Gasteiger partial charge in [-0.05, 0) is 44.9 Å². The number of nitrogens with zero attached hydrogens (tertiary/aromatic N) is 1. The molecule has 3 nitrogen and oxygen atoms in total. The fourth-order valence-corrected chi connectivity index (χ4v) is 3.83. The molecule has 1 amide bonds. The topological polar surface area (TPSA) is 40.5 Å². The first-order chi connectivity index (χ1) is 8.77. The van der Waals surface area contributed by atoms with E-state index in [4.69, 9.17) is 0 Å². The average molecular weight is 251 g/mol. The van der Waals surface area contributed by atoms with E-state index in [-0.39, 0.29) is 6.10 Å². The quantitative estimate of drug-likeness (QED) is 0.818. The van der Waals surface area contributed by atoms with Crippen molar-refractivity contribution < 1.29 is 9.90 Å². The van der Waals surface area contributed by atoms with Gasteiger partial charge in [-0.1, -0.05) is 12.8 Å². The number of amides is 1. The zero-order valence-corrected chi connectivity index (χ0v) is 11.2. The lowest BCUT2D eigenvalue weighted by Crippen LogP contribution is -2.51. The van der Waals surface area contributed by atoms with Crippen molar-refractivity contribution in [2.24, 2.45) is 11.8 Å². The monoisotopic (exact) mass is 251 g/mol. The Bertz CT molecular complexity index is 314. The van der Waals surface area contributed by atoms with Gasteiger partial charge in [0.15, 0.2) is 0 Å². The van der Waals surface area contributed by atoms with E-state index in [2.05, 4.69) is 4.90 Å². The van der Waals surface area contributed by atoms with Gasteiger partial charge >= 0.3 is 0 Å². The van der Waals surface area contributed by atoms with Crippen LogP contribution in [0.5, 0.6) is 0 Å². The van der Waals surface area contributed by atoms with Crippen LogP contribution in [0.2, 0.25) is 0 Å². The van der Waals surface area contributed by atoms with Crippen molar-refractivity contribution in [2.75, 3.05) is 6.54 Å². The summed E-state index contributed by atoms with van der Waals surface area (Å²) in [4.78, 5) is 14.5. The highest BCUT2D eigenvalue weighted by Gasteiger charge is 2.41. The van der Waals surface area contributed by atoms with Crippen molar-refractivity contribution in [3.8, 4) is 0 Å². The molecule has 1 saturated heterocycles. The number of likely N-dealkylation sites (tertiary alicyclic amines) is 1. The largest absolute Gasteiger partial charge is 0.393 e. The van der Waals surface area contributed by atoms with E-state index in [1.807, 2.05) is 0 Å². The SMILES string of the molecule is O=C(C1CC1)N1CCCCC1C1CCCCC1O. The molecule has 1 aliphatic heterocycles. The first-order valence-corrected chi connectivity index (χ1v) is 7.76. The summed E-state index contributed by atoms with van der Waals surface area (Å²) in [6.45, 7) is 0.934. The van der Waals surface area contributed by atoms with Crippen LogP contribution >= 0.6 is 0 Å². The van der Waals surface area contributed by atoms with Crippen LogP contribution in [0, 0.1) is 11.8 Å². The van der Waals surface area contributed by atoms with Crippen LogP contribution in [0.1, 0.15) is 57.8 Å². The van der Waals surface area contributed by atoms with Gasteiger partial charge in [-0.3, -0.25) is 4.79 Å². The summed E-state index contributed by atoms with van der Waals surface area (Å²) < 4.78 is 0. The Balaban J connectivity index is 1.71. The lowest BCUT2D eigenvalue weighted by Gasteiger charge is -2.44. The van der Waals surface area contributed by atoms with Crippen molar-refractivity contribution in [3.63, 3.8) is 0 Å². The maximum atomic E-state index is 12.4. The van der Waals surface area contributed by atoms with Crippen LogP contribution in [-0.4, -0.2) is 34.6 Å². The van der Waals surface area contributed by atoms with E-state index in [1.165, 1.54) is 12.8 Å². The second-order valence-corrected chi connectivity index (χ2v) is 6.38. The van der Waals surface area contributed by atoms with Crippen molar-refractivity contribution in [2.45, 2.75) is 69.9 Å². The minimum atomic E-state index is -0.170. The lowest BCUT2D eigenvalue weighted by molar-refractivity contribution is -0.139. The second-order valence-electron chi connectivity index (χ2n) is 6.38. The molecule has 2 aliphatic carbocycles. The van der Waals surface area contributed by atoms with Gasteiger partial charge in [0.2, 0.25) is 5.91 Å². The number of carbonyl (C=O) groups is 1. The number of hydrogen-bond donors (Lipinski definition) is 1. The number of aliphatic hydroxyl groups excluding tert-OH is 1. The first kappa shape index (κ1) is 12.5. The van der Waals surface area contributed by atoms with E-state index in [0.29, 0.717) is 23.8 Å². The number of rotatable bonds is 2. The lowest BCUT2D eigenvalue weighted by atomic mass is 9.78. The molecular formula is C15H25NO2. The highest BCUT2D eigenvalue weighted by atomic mass is 16.3. The smallest absolute Gasteiger partial charge is 0.225 e. The number of aliphatic hydroxyl groups is 1. The van der Waals surface area contributed by atoms with Crippen LogP contribution in [0.15, 0.2) is 0 Å². The Morgan fingerprint density at radius 1 is 0.944 bits per heavy atom. The van der Waals surface area contributed by atoms with Crippen molar-refractivity contribution >= 4 is 5.91 Å². The summed E-state index contributed by atoms with van der Waals surface area (Å²) in [6.07, 6.45) is 9.93. The summed E-state index contributed by atoms with van der Waals surface area (Å²) >= 11 is 0. The van der Waals surface area contributed by atoms with Gasteiger partial charge in [0, 0.05) is 24.4 Å². The highest BCUT2D eigenvalue weighted by Crippen LogP contribution is 2.38. The van der Waals surface area contributed by atoms with E-state index < -0.39 is 0 Å². The molecule has 0 radical (unpaired) electrons. The third-order valence-corrected chi connectivity index (χ3v) is 5.03. The molecule has 3 rings (SSSR count). The minimum absolute atomic E-state index is 0.170. The molecule has 3 fully saturated rings. The Kier molecular flexibility index (Phi) is 3.60. The Morgan fingerprint density at radius 2 is 1.67 bits per heavy atom. The molecule has 0 aromatic carbocycles. The summed E-state index contributed by atoms with van der Waals surface area (Å²) in [5.74, 6) is 1.06. The van der Waals surface area contributed by atoms with E-state index in [0.717, 1.165) is 51.5 Å². The van der Waals surface area contributed by atoms with E-state index in [9.17, 15) is 9.90 Å². The summed E-state index contributed by atoms with van der Waals surface area (Å²) in [7, 11) is 0. The first-order valence-electron chi connectivity index (χ1n) is 7.76. The molecule has 18 heavy (non-hydrogen) atoms. The highest BCUT2D eigenvalue weighted by molar-refractivity contribution is 5.81. The Hall–Kier alpha value is -0.570. The summed E-state index contributed by atoms with van der Waals surface area (Å²) in [5.41, 5.74) is 0. The third kappa shape index (κ3) is 2.42. The van der Waals surface area contributed by atoms with Gasteiger partial charge in [0.05, 0.1) is 6.10 Å². The molecule has 0 spiro atoms. The Morgan fingerprint density at radius 3 is 2.39 bits per heavy atom. The molecule has 1 N–H and O–H groups in total. The molecule has 0 aromatic rings. The predicted molar refractivity (Wildman–Crippen MR) is 70.0 cm³/mol. The van der Waals surface area contributed by atoms with Crippen LogP contribution in [0.25, 0.3) is 0 Å². The van der Waals surface area contributed by atoms with Crippen molar-refractivity contribution in [1.82, 2.24) is 4.90 Å². The zero-order chi connectivity index (χ0) is 12.5. The number of piperidine rings is 1. The molecule has 3 atom stereocenters. The van der Waals surface area contributed by atoms with Gasteiger partial charge in [-0.25, -0.2) is 0 Å². The average Bonchev–Trinajstić information content (AvgIpc) is 3.23. The van der Waals surface area contributed by atoms with Gasteiger partial charge in [-0.15, -0.1) is 0 Å². The van der Waals surface area contributed by atoms with Gasteiger partial charge in [-0.2, -0.15) is 0 Å². The fourth-order valence-electron chi connectivity index (χ4n) is 3.83. The molecule has 2 saturated carbocycles. The standard InChI is InChI=1S/C15H25NO2/c17-14-7-2-1-5-12(14)13-6-3-4-10-16(13)15(18)11-8-9-11/h11-14,17H,1-10H2. The van der Waals surface area contributed by atoms with Crippen LogP contribution in [0.4, 0.5) is 0 Å². The fraction of sp³-hybridized carbons (Fsp3) is 0.933. The van der Waals surface area contributed by atoms with Gasteiger partial charge < -0.3 is 10.0 Å². The molecule has 102 valence electrons. The Labute approximate surface area is 110 Å². The second kappa shape index (κ2) is 5.20. The van der Waals surface area contributed by atoms with E-state index >= 15 is 0 Å². The maximum Gasteiger partial charge on any atom is 0.225 e. The van der Waals surface area contributed by atoms with E-state index in [1.54, 1.807) is 0 Å². The molecule has 0 bridgehead atoms. The van der Waals surface area contributed by atoms with Crippen molar-refractivity contribution in [1.29, 1.82) is 0 Å². The molecular weight excluding hydrogens is 226 g/mol. The normalized spacial score (nSPS) is 37.6. The van der Waals surface area contributed by atoms with Crippen LogP contribution < -0.4 is 0 Å². The number of carbonyl (C=O) groups excluding carboxylic acids is 1. The van der Waals surface area contributed by atoms with Gasteiger partial charge in [0.25, 0.3) is 0 Å². The van der Waals surface area contributed by atoms with Gasteiger partial charge in [0.1, 0.15) is 0 Å². The summed E-state index contributed by atoms with van der Waals surface area (Å²) in [6, 6.07) is 0.335. The van der Waals surface area contributed by atoms with Crippen LogP contribution in [-0.2, 0) is 4.79 Å². The van der Waals surface area contributed by atoms with Crippen molar-refractivity contribution in [3.05, 3.63) is 0 Å². The summed E-state index contributed by atoms with van der Waals surface area (Å²) in [5, 5.41) is 10.2. The third-order valence-electron chi connectivity index (χ3n) is 5.03. The van der Waals surface area contributed by atoms with Crippen LogP contribution in [0.3, 0.4) is 0 Å². The zero-order valence-electron chi connectivity index (χ0n) is 11.2. The predicted octanol–water partition coefficient (Wildman–Crippen LogP) is 2.33. The molecule has 1 heterocycles. The molecule has 3 unspecified atom stereocenters. The maximum absolute atomic E-state index is 12.4. The molecule has 0 aromatic heterocycles. The minimum Gasteiger partial charge on any atom is -0.393 e.